The fraction of sp³-hybridized carbons (Fsp3) is 0.406. The molecule has 0 bridgehead atoms. The van der Waals surface area contributed by atoms with Gasteiger partial charge in [0.15, 0.2) is 6.10 Å². The molecule has 1 aliphatic rings. The van der Waals surface area contributed by atoms with Crippen LogP contribution in [0.5, 0.6) is 5.75 Å². The van der Waals surface area contributed by atoms with Crippen LogP contribution >= 0.6 is 0 Å². The van der Waals surface area contributed by atoms with Crippen LogP contribution in [0.4, 0.5) is 5.69 Å². The minimum atomic E-state index is -0.753. The lowest BCUT2D eigenvalue weighted by molar-refractivity contribution is -0.186. The molecule has 1 N–H and O–H groups in total. The maximum atomic E-state index is 12.9. The van der Waals surface area contributed by atoms with E-state index < -0.39 is 17.8 Å². The molecule has 37 heavy (non-hydrogen) atoms. The van der Waals surface area contributed by atoms with Crippen molar-refractivity contribution in [1.82, 2.24) is 0 Å². The lowest BCUT2D eigenvalue weighted by atomic mass is 9.87. The summed E-state index contributed by atoms with van der Waals surface area (Å²) in [5, 5.41) is 3.50. The molecule has 3 aromatic rings. The highest BCUT2D eigenvalue weighted by Crippen LogP contribution is 2.44. The van der Waals surface area contributed by atoms with Gasteiger partial charge in [0, 0.05) is 17.8 Å². The van der Waals surface area contributed by atoms with Gasteiger partial charge in [-0.3, -0.25) is 4.79 Å². The van der Waals surface area contributed by atoms with Crippen molar-refractivity contribution in [3.63, 3.8) is 0 Å². The van der Waals surface area contributed by atoms with Crippen LogP contribution in [0.2, 0.25) is 0 Å². The van der Waals surface area contributed by atoms with E-state index >= 15 is 0 Å². The summed E-state index contributed by atoms with van der Waals surface area (Å²) in [5.41, 5.74) is 3.32. The Hall–Kier alpha value is -3.31. The Balaban J connectivity index is 1.59. The van der Waals surface area contributed by atoms with Gasteiger partial charge < -0.3 is 19.5 Å². The normalized spacial score (nSPS) is 18.4. The Labute approximate surface area is 221 Å². The van der Waals surface area contributed by atoms with E-state index in [-0.39, 0.29) is 11.4 Å². The monoisotopic (exact) mass is 501 g/mol. The third kappa shape index (κ3) is 7.36. The number of rotatable bonds is 9. The molecule has 0 amide bonds. The average molecular weight is 502 g/mol. The maximum Gasteiger partial charge on any atom is 0.306 e. The van der Waals surface area contributed by atoms with Gasteiger partial charge in [-0.25, -0.2) is 0 Å². The standard InChI is InChI=1S/C32H39NO4/c1-31(2,3)21-28(34)36-30-29(35-19-18-23-12-8-6-9-13-23)26-20-25(16-17-27(26)37-32(30,4)5)33-22-24-14-10-7-11-15-24/h6-17,20,29-30,33H,18-19,21-22H2,1-5H3. The molecule has 1 aliphatic heterocycles. The van der Waals surface area contributed by atoms with Gasteiger partial charge in [0.1, 0.15) is 17.5 Å². The zero-order valence-corrected chi connectivity index (χ0v) is 22.6. The molecule has 5 heteroatoms. The third-order valence-electron chi connectivity index (χ3n) is 6.45. The summed E-state index contributed by atoms with van der Waals surface area (Å²) >= 11 is 0. The quantitative estimate of drug-likeness (QED) is 0.316. The minimum Gasteiger partial charge on any atom is -0.483 e. The smallest absolute Gasteiger partial charge is 0.306 e. The summed E-state index contributed by atoms with van der Waals surface area (Å²) in [6, 6.07) is 26.6. The molecule has 196 valence electrons. The highest BCUT2D eigenvalue weighted by Gasteiger charge is 2.47. The second-order valence-corrected chi connectivity index (χ2v) is 11.5. The molecule has 2 atom stereocenters. The number of esters is 1. The van der Waals surface area contributed by atoms with Crippen molar-refractivity contribution in [2.45, 2.75) is 71.8 Å². The lowest BCUT2D eigenvalue weighted by Crippen LogP contribution is -2.52. The number of carbonyl (C=O) groups excluding carboxylic acids is 1. The highest BCUT2D eigenvalue weighted by molar-refractivity contribution is 5.70. The number of hydrogen-bond acceptors (Lipinski definition) is 5. The van der Waals surface area contributed by atoms with Gasteiger partial charge in [0.2, 0.25) is 0 Å². The summed E-state index contributed by atoms with van der Waals surface area (Å²) in [7, 11) is 0. The minimum absolute atomic E-state index is 0.174. The number of ether oxygens (including phenoxy) is 3. The highest BCUT2D eigenvalue weighted by atomic mass is 16.6. The van der Waals surface area contributed by atoms with Crippen LogP contribution in [-0.2, 0) is 27.2 Å². The molecule has 1 heterocycles. The Bertz CT molecular complexity index is 1170. The van der Waals surface area contributed by atoms with E-state index in [2.05, 4.69) is 35.6 Å². The predicted molar refractivity (Wildman–Crippen MR) is 148 cm³/mol. The topological polar surface area (TPSA) is 56.8 Å². The van der Waals surface area contributed by atoms with E-state index in [1.807, 2.05) is 83.1 Å². The number of carbonyl (C=O) groups is 1. The molecule has 0 saturated carbocycles. The van der Waals surface area contributed by atoms with Crippen molar-refractivity contribution in [1.29, 1.82) is 0 Å². The van der Waals surface area contributed by atoms with Crippen molar-refractivity contribution in [3.8, 4) is 5.75 Å². The molecule has 3 aromatic carbocycles. The average Bonchev–Trinajstić information content (AvgIpc) is 2.84. The first-order valence-electron chi connectivity index (χ1n) is 13.1. The van der Waals surface area contributed by atoms with Crippen LogP contribution < -0.4 is 10.1 Å². The van der Waals surface area contributed by atoms with Gasteiger partial charge in [-0.2, -0.15) is 0 Å². The van der Waals surface area contributed by atoms with Crippen LogP contribution in [-0.4, -0.2) is 24.3 Å². The molecule has 0 spiro atoms. The van der Waals surface area contributed by atoms with E-state index in [1.165, 1.54) is 11.1 Å². The number of benzene rings is 3. The van der Waals surface area contributed by atoms with Crippen molar-refractivity contribution in [3.05, 3.63) is 95.6 Å². The predicted octanol–water partition coefficient (Wildman–Crippen LogP) is 7.12. The summed E-state index contributed by atoms with van der Waals surface area (Å²) in [4.78, 5) is 12.9. The molecule has 5 nitrogen and oxygen atoms in total. The van der Waals surface area contributed by atoms with Crippen LogP contribution in [0.3, 0.4) is 0 Å². The van der Waals surface area contributed by atoms with Gasteiger partial charge in [-0.05, 0) is 55.0 Å². The van der Waals surface area contributed by atoms with E-state index in [9.17, 15) is 4.79 Å². The number of fused-ring (bicyclic) bond motifs is 1. The fourth-order valence-electron chi connectivity index (χ4n) is 4.59. The molecular formula is C32H39NO4. The third-order valence-corrected chi connectivity index (χ3v) is 6.45. The van der Waals surface area contributed by atoms with E-state index in [0.29, 0.717) is 19.6 Å². The van der Waals surface area contributed by atoms with E-state index in [1.54, 1.807) is 0 Å². The number of anilines is 1. The van der Waals surface area contributed by atoms with Crippen LogP contribution in [0, 0.1) is 5.41 Å². The second kappa shape index (κ2) is 11.4. The summed E-state index contributed by atoms with van der Waals surface area (Å²) in [6.07, 6.45) is 0.0459. The van der Waals surface area contributed by atoms with Gasteiger partial charge in [-0.1, -0.05) is 81.4 Å². The molecule has 0 radical (unpaired) electrons. The van der Waals surface area contributed by atoms with Gasteiger partial charge in [0.05, 0.1) is 13.0 Å². The zero-order chi connectivity index (χ0) is 26.5. The maximum absolute atomic E-state index is 12.9. The van der Waals surface area contributed by atoms with E-state index in [4.69, 9.17) is 14.2 Å². The van der Waals surface area contributed by atoms with Crippen molar-refractivity contribution in [2.75, 3.05) is 11.9 Å². The largest absolute Gasteiger partial charge is 0.483 e. The van der Waals surface area contributed by atoms with Crippen LogP contribution in [0.1, 0.15) is 63.8 Å². The van der Waals surface area contributed by atoms with E-state index in [0.717, 1.165) is 23.4 Å². The summed E-state index contributed by atoms with van der Waals surface area (Å²) < 4.78 is 19.0. The van der Waals surface area contributed by atoms with Crippen LogP contribution in [0.15, 0.2) is 78.9 Å². The molecule has 0 aromatic heterocycles. The molecular weight excluding hydrogens is 462 g/mol. The number of nitrogens with one attached hydrogen (secondary N) is 1. The molecule has 0 aliphatic carbocycles. The van der Waals surface area contributed by atoms with Crippen molar-refractivity contribution < 1.29 is 19.0 Å². The number of hydrogen-bond donors (Lipinski definition) is 1. The SMILES string of the molecule is CC(C)(C)CC(=O)OC1C(OCCc2ccccc2)c2cc(NCc3ccccc3)ccc2OC1(C)C. The first-order valence-corrected chi connectivity index (χ1v) is 13.1. The van der Waals surface area contributed by atoms with Crippen molar-refractivity contribution in [2.24, 2.45) is 5.41 Å². The van der Waals surface area contributed by atoms with Gasteiger partial charge >= 0.3 is 5.97 Å². The Kier molecular flexibility index (Phi) is 8.23. The fourth-order valence-corrected chi connectivity index (χ4v) is 4.59. The first-order chi connectivity index (χ1) is 17.6. The van der Waals surface area contributed by atoms with Crippen molar-refractivity contribution >= 4 is 11.7 Å². The first kappa shape index (κ1) is 26.7. The summed E-state index contributed by atoms with van der Waals surface area (Å²) in [6.45, 7) is 11.2. The molecule has 0 saturated heterocycles. The molecule has 0 fully saturated rings. The molecule has 4 rings (SSSR count). The molecule has 2 unspecified atom stereocenters. The zero-order valence-electron chi connectivity index (χ0n) is 22.6. The Morgan fingerprint density at radius 3 is 2.24 bits per heavy atom. The Morgan fingerprint density at radius 1 is 0.946 bits per heavy atom. The van der Waals surface area contributed by atoms with Gasteiger partial charge in [0.25, 0.3) is 0 Å². The summed E-state index contributed by atoms with van der Waals surface area (Å²) in [5.74, 6) is 0.510. The van der Waals surface area contributed by atoms with Crippen LogP contribution in [0.25, 0.3) is 0 Å². The Morgan fingerprint density at radius 2 is 1.59 bits per heavy atom. The second-order valence-electron chi connectivity index (χ2n) is 11.5. The lowest BCUT2D eigenvalue weighted by Gasteiger charge is -2.44. The van der Waals surface area contributed by atoms with Gasteiger partial charge in [-0.15, -0.1) is 0 Å².